The Morgan fingerprint density at radius 2 is 1.81 bits per heavy atom. The third kappa shape index (κ3) is 3.69. The first kappa shape index (κ1) is 14.8. The predicted molar refractivity (Wildman–Crippen MR) is 78.9 cm³/mol. The van der Waals surface area contributed by atoms with Crippen molar-refractivity contribution in [3.63, 3.8) is 0 Å². The van der Waals surface area contributed by atoms with Crippen LogP contribution in [0, 0.1) is 22.7 Å². The number of rotatable bonds is 6. The van der Waals surface area contributed by atoms with Crippen molar-refractivity contribution in [1.29, 1.82) is 10.5 Å². The summed E-state index contributed by atoms with van der Waals surface area (Å²) in [6.45, 7) is 4.64. The Hall–Kier alpha value is -2.61. The Bertz CT molecular complexity index is 536. The highest BCUT2D eigenvalue weighted by Gasteiger charge is 2.19. The molecule has 110 valence electrons. The zero-order valence-corrected chi connectivity index (χ0v) is 12.1. The molecule has 0 radical (unpaired) electrons. The lowest BCUT2D eigenvalue weighted by Gasteiger charge is -2.20. The van der Waals surface area contributed by atoms with Gasteiger partial charge in [-0.3, -0.25) is 0 Å². The lowest BCUT2D eigenvalue weighted by molar-refractivity contribution is 0.837. The molecule has 0 atom stereocenters. The van der Waals surface area contributed by atoms with E-state index < -0.39 is 0 Å². The van der Waals surface area contributed by atoms with Crippen molar-refractivity contribution in [3.8, 4) is 12.1 Å². The van der Waals surface area contributed by atoms with E-state index in [1.54, 1.807) is 4.90 Å². The third-order valence-electron chi connectivity index (χ3n) is 3.14. The number of nitriles is 2. The maximum Gasteiger partial charge on any atom is 0.233 e. The Morgan fingerprint density at radius 1 is 1.14 bits per heavy atom. The molecule has 1 aliphatic rings. The first-order chi connectivity index (χ1) is 10.3. The summed E-state index contributed by atoms with van der Waals surface area (Å²) in [6, 6.07) is 4.06. The van der Waals surface area contributed by atoms with Gasteiger partial charge in [-0.15, -0.1) is 0 Å². The zero-order valence-electron chi connectivity index (χ0n) is 12.1. The minimum Gasteiger partial charge on any atom is -0.354 e. The van der Waals surface area contributed by atoms with Gasteiger partial charge in [-0.1, -0.05) is 0 Å². The molecule has 1 fully saturated rings. The summed E-state index contributed by atoms with van der Waals surface area (Å²) in [5, 5.41) is 20.8. The Labute approximate surface area is 124 Å². The van der Waals surface area contributed by atoms with Crippen LogP contribution in [0.2, 0.25) is 0 Å². The minimum atomic E-state index is 0.0720. The molecule has 0 aliphatic carbocycles. The Balaban J connectivity index is 2.34. The predicted octanol–water partition coefficient (Wildman–Crippen LogP) is 0.757. The highest BCUT2D eigenvalue weighted by Crippen LogP contribution is 2.20. The van der Waals surface area contributed by atoms with Gasteiger partial charge in [-0.05, 0) is 19.8 Å². The molecule has 0 bridgehead atoms. The van der Waals surface area contributed by atoms with Crippen LogP contribution < -0.4 is 15.1 Å². The number of nitrogens with zero attached hydrogens (tertiary/aromatic N) is 7. The van der Waals surface area contributed by atoms with E-state index in [0.717, 1.165) is 25.9 Å². The third-order valence-corrected chi connectivity index (χ3v) is 3.14. The second kappa shape index (κ2) is 7.25. The van der Waals surface area contributed by atoms with Gasteiger partial charge in [-0.25, -0.2) is 0 Å². The van der Waals surface area contributed by atoms with Gasteiger partial charge in [0.05, 0.1) is 12.1 Å². The number of anilines is 3. The van der Waals surface area contributed by atoms with Crippen molar-refractivity contribution in [1.82, 2.24) is 15.0 Å². The van der Waals surface area contributed by atoms with Crippen molar-refractivity contribution in [3.05, 3.63) is 0 Å². The number of nitrogens with one attached hydrogen (secondary N) is 1. The molecule has 1 saturated heterocycles. The smallest absolute Gasteiger partial charge is 0.233 e. The summed E-state index contributed by atoms with van der Waals surface area (Å²) in [6.07, 6.45) is 2.25. The number of hydrogen-bond acceptors (Lipinski definition) is 8. The Kier molecular flexibility index (Phi) is 5.10. The average Bonchev–Trinajstić information content (AvgIpc) is 3.01. The number of aromatic nitrogens is 3. The lowest BCUT2D eigenvalue weighted by atomic mass is 10.4. The van der Waals surface area contributed by atoms with Crippen LogP contribution in [0.25, 0.3) is 0 Å². The molecular weight excluding hydrogens is 268 g/mol. The highest BCUT2D eigenvalue weighted by atomic mass is 15.4. The molecule has 0 unspecified atom stereocenters. The first-order valence-electron chi connectivity index (χ1n) is 7.02. The fourth-order valence-corrected chi connectivity index (χ4v) is 2.16. The molecule has 0 spiro atoms. The van der Waals surface area contributed by atoms with Gasteiger partial charge in [0, 0.05) is 19.6 Å². The molecule has 1 aromatic heterocycles. The van der Waals surface area contributed by atoms with E-state index in [9.17, 15) is 0 Å². The van der Waals surface area contributed by atoms with Gasteiger partial charge < -0.3 is 15.1 Å². The second-order valence-electron chi connectivity index (χ2n) is 4.66. The summed E-state index contributed by atoms with van der Waals surface area (Å²) >= 11 is 0. The molecule has 8 heteroatoms. The molecule has 1 aliphatic heterocycles. The monoisotopic (exact) mass is 286 g/mol. The van der Waals surface area contributed by atoms with Crippen LogP contribution in [0.15, 0.2) is 0 Å². The van der Waals surface area contributed by atoms with Gasteiger partial charge in [-0.2, -0.15) is 25.5 Å². The molecule has 8 nitrogen and oxygen atoms in total. The summed E-state index contributed by atoms with van der Waals surface area (Å²) in [5.74, 6) is 1.45. The molecule has 0 aromatic carbocycles. The first-order valence-corrected chi connectivity index (χ1v) is 7.02. The van der Waals surface area contributed by atoms with Gasteiger partial charge in [0.15, 0.2) is 0 Å². The van der Waals surface area contributed by atoms with Crippen LogP contribution in [0.4, 0.5) is 17.8 Å². The molecule has 21 heavy (non-hydrogen) atoms. The normalized spacial score (nSPS) is 13.6. The van der Waals surface area contributed by atoms with Crippen LogP contribution >= 0.6 is 0 Å². The molecule has 0 saturated carbocycles. The van der Waals surface area contributed by atoms with Crippen molar-refractivity contribution < 1.29 is 0 Å². The van der Waals surface area contributed by atoms with Crippen LogP contribution in [0.3, 0.4) is 0 Å². The van der Waals surface area contributed by atoms with Crippen LogP contribution in [-0.2, 0) is 0 Å². The largest absolute Gasteiger partial charge is 0.354 e. The van der Waals surface area contributed by atoms with Crippen LogP contribution in [0.1, 0.15) is 19.8 Å². The fourth-order valence-electron chi connectivity index (χ4n) is 2.16. The van der Waals surface area contributed by atoms with Gasteiger partial charge in [0.2, 0.25) is 17.8 Å². The second-order valence-corrected chi connectivity index (χ2v) is 4.66. The standard InChI is InChI=1S/C13H18N8/c1-2-16-11-17-12(20-7-3-4-8-20)19-13(18-11)21(9-5-14)10-6-15/h2-4,7-10H2,1H3,(H,16,17,18,19). The highest BCUT2D eigenvalue weighted by molar-refractivity contribution is 5.46. The maximum absolute atomic E-state index is 8.88. The van der Waals surface area contributed by atoms with Gasteiger partial charge in [0.1, 0.15) is 13.1 Å². The topological polar surface area (TPSA) is 105 Å². The molecule has 1 N–H and O–H groups in total. The van der Waals surface area contributed by atoms with E-state index in [0.29, 0.717) is 24.4 Å². The average molecular weight is 286 g/mol. The van der Waals surface area contributed by atoms with E-state index in [2.05, 4.69) is 25.2 Å². The molecule has 2 rings (SSSR count). The van der Waals surface area contributed by atoms with Crippen LogP contribution in [-0.4, -0.2) is 47.7 Å². The fraction of sp³-hybridized carbons (Fsp3) is 0.615. The van der Waals surface area contributed by atoms with Crippen molar-refractivity contribution in [2.24, 2.45) is 0 Å². The van der Waals surface area contributed by atoms with E-state index >= 15 is 0 Å². The van der Waals surface area contributed by atoms with Gasteiger partial charge in [0.25, 0.3) is 0 Å². The van der Waals surface area contributed by atoms with Crippen molar-refractivity contribution in [2.75, 3.05) is 47.8 Å². The SMILES string of the molecule is CCNc1nc(N(CC#N)CC#N)nc(N2CCCC2)n1. The van der Waals surface area contributed by atoms with Crippen molar-refractivity contribution >= 4 is 17.8 Å². The van der Waals surface area contributed by atoms with Crippen molar-refractivity contribution in [2.45, 2.75) is 19.8 Å². The van der Waals surface area contributed by atoms with Gasteiger partial charge >= 0.3 is 0 Å². The molecule has 2 heterocycles. The number of hydrogen-bond donors (Lipinski definition) is 1. The van der Waals surface area contributed by atoms with E-state index in [1.165, 1.54) is 0 Å². The summed E-state index contributed by atoms with van der Waals surface area (Å²) in [4.78, 5) is 16.8. The molecule has 1 aromatic rings. The molecule has 0 amide bonds. The minimum absolute atomic E-state index is 0.0720. The van der Waals surface area contributed by atoms with Crippen LogP contribution in [0.5, 0.6) is 0 Å². The van der Waals surface area contributed by atoms with E-state index in [1.807, 2.05) is 19.1 Å². The maximum atomic E-state index is 8.88. The quantitative estimate of drug-likeness (QED) is 0.764. The summed E-state index contributed by atoms with van der Waals surface area (Å²) < 4.78 is 0. The summed E-state index contributed by atoms with van der Waals surface area (Å²) in [7, 11) is 0. The lowest BCUT2D eigenvalue weighted by Crippen LogP contribution is -2.29. The van der Waals surface area contributed by atoms with E-state index in [4.69, 9.17) is 10.5 Å². The van der Waals surface area contributed by atoms with E-state index in [-0.39, 0.29) is 13.1 Å². The zero-order chi connectivity index (χ0) is 15.1. The Morgan fingerprint density at radius 3 is 2.38 bits per heavy atom. The summed E-state index contributed by atoms with van der Waals surface area (Å²) in [5.41, 5.74) is 0. The molecular formula is C13H18N8.